The molecule has 1 amide bonds. The van der Waals surface area contributed by atoms with Crippen LogP contribution in [0, 0.1) is 29.0 Å². The summed E-state index contributed by atoms with van der Waals surface area (Å²) in [7, 11) is 0. The van der Waals surface area contributed by atoms with E-state index in [9.17, 15) is 9.18 Å². The van der Waals surface area contributed by atoms with Crippen LogP contribution in [-0.4, -0.2) is 29.9 Å². The summed E-state index contributed by atoms with van der Waals surface area (Å²) in [6.45, 7) is 4.13. The number of halogens is 1. The third kappa shape index (κ3) is 4.59. The molecule has 1 aromatic rings. The Morgan fingerprint density at radius 3 is 2.71 bits per heavy atom. The number of nitrogens with two attached hydrogens (primary N) is 1. The first-order valence-corrected chi connectivity index (χ1v) is 6.67. The van der Waals surface area contributed by atoms with Gasteiger partial charge in [-0.25, -0.2) is 4.39 Å². The Bertz CT molecular complexity index is 608. The zero-order valence-electron chi connectivity index (χ0n) is 12.2. The van der Waals surface area contributed by atoms with Gasteiger partial charge in [0.2, 0.25) is 0 Å². The Kier molecular flexibility index (Phi) is 6.39. The van der Waals surface area contributed by atoms with Crippen molar-refractivity contribution in [3.63, 3.8) is 0 Å². The van der Waals surface area contributed by atoms with Gasteiger partial charge in [0.1, 0.15) is 5.82 Å². The average molecular weight is 287 g/mol. The van der Waals surface area contributed by atoms with Crippen LogP contribution in [0.5, 0.6) is 0 Å². The molecule has 0 aliphatic rings. The molecule has 2 N–H and O–H groups in total. The number of amides is 1. The van der Waals surface area contributed by atoms with E-state index in [-0.39, 0.29) is 31.1 Å². The maximum Gasteiger partial charge on any atom is 0.257 e. The fraction of sp³-hybridized carbons (Fsp3) is 0.375. The molecule has 0 atom stereocenters. The van der Waals surface area contributed by atoms with Gasteiger partial charge >= 0.3 is 0 Å². The Labute approximate surface area is 124 Å². The van der Waals surface area contributed by atoms with Gasteiger partial charge in [-0.1, -0.05) is 11.8 Å². The molecule has 21 heavy (non-hydrogen) atoms. The lowest BCUT2D eigenvalue weighted by Crippen LogP contribution is -2.38. The monoisotopic (exact) mass is 287 g/mol. The number of rotatable bonds is 4. The number of carbonyl (C=O) groups excluding carboxylic acids is 1. The quantitative estimate of drug-likeness (QED) is 0.860. The lowest BCUT2D eigenvalue weighted by Gasteiger charge is -2.26. The number of benzene rings is 1. The van der Waals surface area contributed by atoms with Gasteiger partial charge in [-0.2, -0.15) is 5.26 Å². The molecule has 0 saturated heterocycles. The van der Waals surface area contributed by atoms with Crippen LogP contribution in [0.25, 0.3) is 0 Å². The van der Waals surface area contributed by atoms with E-state index in [1.54, 1.807) is 6.07 Å². The molecular weight excluding hydrogens is 269 g/mol. The van der Waals surface area contributed by atoms with E-state index in [0.29, 0.717) is 5.56 Å². The molecule has 0 unspecified atom stereocenters. The Morgan fingerprint density at radius 1 is 1.48 bits per heavy atom. The first kappa shape index (κ1) is 16.7. The summed E-state index contributed by atoms with van der Waals surface area (Å²) in [6, 6.07) is 6.10. The highest BCUT2D eigenvalue weighted by atomic mass is 19.1. The maximum absolute atomic E-state index is 14.1. The Hall–Kier alpha value is -2.37. The van der Waals surface area contributed by atoms with Crippen LogP contribution >= 0.6 is 0 Å². The van der Waals surface area contributed by atoms with E-state index < -0.39 is 11.7 Å². The van der Waals surface area contributed by atoms with Crippen molar-refractivity contribution in [2.75, 3.05) is 13.1 Å². The van der Waals surface area contributed by atoms with Crippen molar-refractivity contribution in [3.8, 4) is 17.9 Å². The highest BCUT2D eigenvalue weighted by Crippen LogP contribution is 2.15. The Balaban J connectivity index is 3.03. The molecule has 0 spiro atoms. The summed E-state index contributed by atoms with van der Waals surface area (Å²) in [4.78, 5) is 13.8. The standard InChI is InChI=1S/C16H18FN3O/c1-12(2)20(10-4-9-19)16(21)14-7-6-13(5-3-8-18)11-15(14)17/h6-7,11-12H,4,8,10,18H2,1-2H3. The molecule has 0 saturated carbocycles. The van der Waals surface area contributed by atoms with Crippen molar-refractivity contribution in [1.29, 1.82) is 5.26 Å². The highest BCUT2D eigenvalue weighted by molar-refractivity contribution is 5.94. The van der Waals surface area contributed by atoms with Crippen LogP contribution in [0.1, 0.15) is 36.2 Å². The minimum atomic E-state index is -0.619. The summed E-state index contributed by atoms with van der Waals surface area (Å²) in [5.41, 5.74) is 5.72. The van der Waals surface area contributed by atoms with Crippen molar-refractivity contribution < 1.29 is 9.18 Å². The fourth-order valence-electron chi connectivity index (χ4n) is 1.84. The third-order valence-corrected chi connectivity index (χ3v) is 2.88. The van der Waals surface area contributed by atoms with E-state index >= 15 is 0 Å². The van der Waals surface area contributed by atoms with Gasteiger partial charge < -0.3 is 10.6 Å². The zero-order chi connectivity index (χ0) is 15.8. The molecule has 0 heterocycles. The van der Waals surface area contributed by atoms with E-state index in [4.69, 9.17) is 11.0 Å². The van der Waals surface area contributed by atoms with Crippen LogP contribution in [-0.2, 0) is 0 Å². The van der Waals surface area contributed by atoms with E-state index in [1.807, 2.05) is 19.9 Å². The minimum Gasteiger partial charge on any atom is -0.335 e. The second-order valence-electron chi connectivity index (χ2n) is 4.70. The topological polar surface area (TPSA) is 70.1 Å². The molecule has 1 rings (SSSR count). The normalized spacial score (nSPS) is 9.71. The first-order valence-electron chi connectivity index (χ1n) is 6.67. The summed E-state index contributed by atoms with van der Waals surface area (Å²) in [6.07, 6.45) is 0.214. The largest absolute Gasteiger partial charge is 0.335 e. The molecule has 110 valence electrons. The van der Waals surface area contributed by atoms with Crippen LogP contribution in [0.15, 0.2) is 18.2 Å². The lowest BCUT2D eigenvalue weighted by molar-refractivity contribution is 0.0705. The van der Waals surface area contributed by atoms with Gasteiger partial charge in [0.05, 0.1) is 24.6 Å². The molecule has 0 aliphatic heterocycles. The van der Waals surface area contributed by atoms with E-state index in [1.165, 1.54) is 17.0 Å². The van der Waals surface area contributed by atoms with Gasteiger partial charge in [-0.05, 0) is 32.0 Å². The van der Waals surface area contributed by atoms with Crippen LogP contribution in [0.2, 0.25) is 0 Å². The molecule has 0 radical (unpaired) electrons. The molecule has 5 heteroatoms. The van der Waals surface area contributed by atoms with Crippen LogP contribution in [0.3, 0.4) is 0 Å². The summed E-state index contributed by atoms with van der Waals surface area (Å²) in [5.74, 6) is 4.30. The molecule has 0 aromatic heterocycles. The molecule has 0 fully saturated rings. The maximum atomic E-state index is 14.1. The minimum absolute atomic E-state index is 0.0139. The molecule has 4 nitrogen and oxygen atoms in total. The number of nitriles is 1. The Morgan fingerprint density at radius 2 is 2.19 bits per heavy atom. The smallest absolute Gasteiger partial charge is 0.257 e. The van der Waals surface area contributed by atoms with Gasteiger partial charge in [0.15, 0.2) is 0 Å². The van der Waals surface area contributed by atoms with E-state index in [2.05, 4.69) is 11.8 Å². The lowest BCUT2D eigenvalue weighted by atomic mass is 10.1. The van der Waals surface area contributed by atoms with Crippen molar-refractivity contribution in [1.82, 2.24) is 4.90 Å². The van der Waals surface area contributed by atoms with Crippen molar-refractivity contribution in [2.45, 2.75) is 26.3 Å². The average Bonchev–Trinajstić information content (AvgIpc) is 2.45. The summed E-state index contributed by atoms with van der Waals surface area (Å²) >= 11 is 0. The number of hydrogen-bond acceptors (Lipinski definition) is 3. The third-order valence-electron chi connectivity index (χ3n) is 2.88. The predicted octanol–water partition coefficient (Wildman–Crippen LogP) is 1.90. The number of hydrogen-bond donors (Lipinski definition) is 1. The summed E-state index contributed by atoms with van der Waals surface area (Å²) < 4.78 is 14.1. The van der Waals surface area contributed by atoms with Crippen LogP contribution < -0.4 is 5.73 Å². The number of nitrogens with zero attached hydrogens (tertiary/aromatic N) is 2. The molecular formula is C16H18FN3O. The first-order chi connectivity index (χ1) is 10.0. The van der Waals surface area contributed by atoms with E-state index in [0.717, 1.165) is 0 Å². The zero-order valence-corrected chi connectivity index (χ0v) is 12.2. The second kappa shape index (κ2) is 8.04. The van der Waals surface area contributed by atoms with Gasteiger partial charge in [0.25, 0.3) is 5.91 Å². The predicted molar refractivity (Wildman–Crippen MR) is 78.7 cm³/mol. The SMILES string of the molecule is CC(C)N(CCC#N)C(=O)c1ccc(C#CCN)cc1F. The van der Waals surface area contributed by atoms with Crippen LogP contribution in [0.4, 0.5) is 4.39 Å². The molecule has 1 aromatic carbocycles. The van der Waals surface area contributed by atoms with Gasteiger partial charge in [0, 0.05) is 18.2 Å². The molecule has 0 bridgehead atoms. The van der Waals surface area contributed by atoms with Crippen molar-refractivity contribution >= 4 is 5.91 Å². The van der Waals surface area contributed by atoms with Crippen molar-refractivity contribution in [2.24, 2.45) is 5.73 Å². The van der Waals surface area contributed by atoms with Gasteiger partial charge in [-0.15, -0.1) is 0 Å². The fourth-order valence-corrected chi connectivity index (χ4v) is 1.84. The number of carbonyl (C=O) groups is 1. The van der Waals surface area contributed by atoms with Crippen molar-refractivity contribution in [3.05, 3.63) is 35.1 Å². The summed E-state index contributed by atoms with van der Waals surface area (Å²) in [5, 5.41) is 8.64. The second-order valence-corrected chi connectivity index (χ2v) is 4.70. The van der Waals surface area contributed by atoms with Gasteiger partial charge in [-0.3, -0.25) is 4.79 Å². The molecule has 0 aliphatic carbocycles. The highest BCUT2D eigenvalue weighted by Gasteiger charge is 2.21.